The average Bonchev–Trinajstić information content (AvgIpc) is 3.24. The first-order valence-electron chi connectivity index (χ1n) is 15.2. The van der Waals surface area contributed by atoms with Gasteiger partial charge >= 0.3 is 7.12 Å². The lowest BCUT2D eigenvalue weighted by molar-refractivity contribution is -0.525. The molecule has 2 bridgehead atoms. The third-order valence-electron chi connectivity index (χ3n) is 9.30. The van der Waals surface area contributed by atoms with Gasteiger partial charge in [-0.3, -0.25) is 9.59 Å². The smallest absolute Gasteiger partial charge is 0.404 e. The number of nitro groups is 1. The number of guanidine groups is 1. The van der Waals surface area contributed by atoms with E-state index in [1.165, 1.54) is 0 Å². The number of carbonyl (C=O) groups excluding carboxylic acids is 2. The zero-order valence-corrected chi connectivity index (χ0v) is 25.6. The van der Waals surface area contributed by atoms with Crippen molar-refractivity contribution in [1.29, 1.82) is 0 Å². The molecule has 13 heteroatoms. The Labute approximate surface area is 244 Å². The molecule has 0 unspecified atom stereocenters. The Kier molecular flexibility index (Phi) is 11.6. The van der Waals surface area contributed by atoms with Gasteiger partial charge in [0, 0.05) is 25.5 Å². The van der Waals surface area contributed by atoms with Gasteiger partial charge < -0.3 is 25.1 Å². The summed E-state index contributed by atoms with van der Waals surface area (Å²) >= 11 is 0. The van der Waals surface area contributed by atoms with E-state index in [1.54, 1.807) is 5.43 Å². The molecule has 4 aliphatic rings. The SMILES string of the molecule is CCCCOCC(=O)C[C@@H](CCCN=C(N)N[N+](=O)[O-])C(=O)N[C@@H](CC(C)C)B1O[C@@H]2C[C@H]3C[C@H](C3(C)C)[C@]2(C)O1. The summed E-state index contributed by atoms with van der Waals surface area (Å²) in [5.41, 5.74) is 7.13. The number of nitrogens with two attached hydrogens (primary N) is 1. The number of rotatable bonds is 17. The monoisotopic (exact) mass is 579 g/mol. The van der Waals surface area contributed by atoms with Crippen LogP contribution < -0.4 is 16.5 Å². The van der Waals surface area contributed by atoms with E-state index in [0.29, 0.717) is 37.7 Å². The molecule has 1 saturated heterocycles. The van der Waals surface area contributed by atoms with Crippen molar-refractivity contribution in [3.05, 3.63) is 10.1 Å². The van der Waals surface area contributed by atoms with Crippen LogP contribution >= 0.6 is 0 Å². The maximum atomic E-state index is 13.7. The van der Waals surface area contributed by atoms with Crippen LogP contribution in [0.25, 0.3) is 0 Å². The number of hydrazine groups is 1. The van der Waals surface area contributed by atoms with Crippen LogP contribution in [-0.2, 0) is 23.6 Å². The molecule has 1 aliphatic heterocycles. The van der Waals surface area contributed by atoms with Gasteiger partial charge in [0.2, 0.25) is 5.91 Å². The normalized spacial score (nSPS) is 28.0. The zero-order chi connectivity index (χ0) is 30.4. The van der Waals surface area contributed by atoms with Crippen molar-refractivity contribution in [1.82, 2.24) is 10.7 Å². The van der Waals surface area contributed by atoms with Crippen LogP contribution in [0.1, 0.15) is 92.9 Å². The first-order valence-corrected chi connectivity index (χ1v) is 15.2. The molecule has 41 heavy (non-hydrogen) atoms. The number of carbonyl (C=O) groups is 2. The number of ether oxygens (including phenoxy) is 1. The van der Waals surface area contributed by atoms with Crippen LogP contribution in [-0.4, -0.2) is 67.2 Å². The number of Topliss-reactive ketones (excluding diaryl/α,β-unsaturated/α-hetero) is 1. The van der Waals surface area contributed by atoms with Gasteiger partial charge in [-0.05, 0) is 68.6 Å². The maximum Gasteiger partial charge on any atom is 0.481 e. The lowest BCUT2D eigenvalue weighted by Crippen LogP contribution is -2.65. The van der Waals surface area contributed by atoms with Gasteiger partial charge in [-0.15, -0.1) is 0 Å². The minimum absolute atomic E-state index is 0.00424. The number of nitrogens with one attached hydrogen (secondary N) is 2. The quantitative estimate of drug-likeness (QED) is 0.0586. The fourth-order valence-corrected chi connectivity index (χ4v) is 6.88. The Hall–Kier alpha value is -2.25. The van der Waals surface area contributed by atoms with Crippen molar-refractivity contribution in [2.45, 2.75) is 111 Å². The highest BCUT2D eigenvalue weighted by Gasteiger charge is 2.68. The first kappa shape index (κ1) is 33.3. The van der Waals surface area contributed by atoms with Gasteiger partial charge in [-0.2, -0.15) is 0 Å². The Morgan fingerprint density at radius 1 is 1.24 bits per heavy atom. The topological polar surface area (TPSA) is 167 Å². The minimum Gasteiger partial charge on any atom is -0.404 e. The largest absolute Gasteiger partial charge is 0.481 e. The molecule has 232 valence electrons. The summed E-state index contributed by atoms with van der Waals surface area (Å²) in [6.45, 7) is 13.7. The number of amides is 1. The van der Waals surface area contributed by atoms with Gasteiger partial charge in [0.15, 0.2) is 10.8 Å². The Balaban J connectivity index is 1.67. The molecule has 4 rings (SSSR count). The molecule has 1 amide bonds. The number of unbranched alkanes of at least 4 members (excludes halogenated alkanes) is 1. The maximum absolute atomic E-state index is 13.7. The molecule has 12 nitrogen and oxygen atoms in total. The third-order valence-corrected chi connectivity index (χ3v) is 9.30. The van der Waals surface area contributed by atoms with Gasteiger partial charge in [-0.25, -0.2) is 15.1 Å². The summed E-state index contributed by atoms with van der Waals surface area (Å²) < 4.78 is 18.7. The molecule has 4 fully saturated rings. The van der Waals surface area contributed by atoms with Gasteiger partial charge in [0.05, 0.1) is 17.6 Å². The number of nitrogens with zero attached hydrogens (tertiary/aromatic N) is 2. The van der Waals surface area contributed by atoms with E-state index in [9.17, 15) is 19.7 Å². The summed E-state index contributed by atoms with van der Waals surface area (Å²) in [5, 5.41) is 12.9. The van der Waals surface area contributed by atoms with E-state index in [0.717, 1.165) is 25.7 Å². The van der Waals surface area contributed by atoms with Crippen molar-refractivity contribution in [2.24, 2.45) is 39.8 Å². The first-order chi connectivity index (χ1) is 19.3. The second kappa shape index (κ2) is 14.3. The molecule has 0 radical (unpaired) electrons. The van der Waals surface area contributed by atoms with Crippen LogP contribution in [0.15, 0.2) is 4.99 Å². The van der Waals surface area contributed by atoms with E-state index < -0.39 is 18.1 Å². The summed E-state index contributed by atoms with van der Waals surface area (Å²) in [6, 6.07) is 0. The molecule has 1 heterocycles. The fourth-order valence-electron chi connectivity index (χ4n) is 6.88. The standard InChI is InChI=1S/C28H50BN5O7/c1-7-8-12-39-17-21(35)14-19(10-9-11-31-26(30)33-34(37)38)25(36)32-24(13-18(2)3)29-40-23-16-20-15-22(27(20,4)5)28(23,6)41-29/h18-20,22-24H,7-17H2,1-6H3,(H,32,36)(H3,30,31,33)/t19-,20-,22-,23-,24+,28+/m1/s1. The lowest BCUT2D eigenvalue weighted by atomic mass is 9.43. The van der Waals surface area contributed by atoms with E-state index in [-0.39, 0.29) is 66.2 Å². The summed E-state index contributed by atoms with van der Waals surface area (Å²) in [6.07, 6.45) is 5.43. The third kappa shape index (κ3) is 8.41. The lowest BCUT2D eigenvalue weighted by Gasteiger charge is -2.64. The Morgan fingerprint density at radius 3 is 2.61 bits per heavy atom. The zero-order valence-electron chi connectivity index (χ0n) is 25.6. The van der Waals surface area contributed by atoms with E-state index in [4.69, 9.17) is 19.8 Å². The molecular weight excluding hydrogens is 529 g/mol. The second-order valence-electron chi connectivity index (χ2n) is 13.2. The fraction of sp³-hybridized carbons (Fsp3) is 0.893. The summed E-state index contributed by atoms with van der Waals surface area (Å²) in [4.78, 5) is 40.9. The molecule has 6 atom stereocenters. The van der Waals surface area contributed by atoms with Crippen molar-refractivity contribution < 1.29 is 28.7 Å². The molecule has 4 N–H and O–H groups in total. The number of hydrogen-bond acceptors (Lipinski definition) is 8. The molecule has 0 aromatic heterocycles. The highest BCUT2D eigenvalue weighted by Crippen LogP contribution is 2.65. The molecule has 0 aromatic carbocycles. The van der Waals surface area contributed by atoms with Crippen molar-refractivity contribution in [2.75, 3.05) is 19.8 Å². The Morgan fingerprint density at radius 2 is 1.98 bits per heavy atom. The average molecular weight is 580 g/mol. The summed E-state index contributed by atoms with van der Waals surface area (Å²) in [5.74, 6) is -0.345. The molecule has 0 aromatic rings. The van der Waals surface area contributed by atoms with Crippen molar-refractivity contribution in [3.63, 3.8) is 0 Å². The van der Waals surface area contributed by atoms with E-state index in [2.05, 4.69) is 44.9 Å². The van der Waals surface area contributed by atoms with Crippen LogP contribution in [0.3, 0.4) is 0 Å². The molecule has 3 aliphatic carbocycles. The molecule has 0 spiro atoms. The predicted molar refractivity (Wildman–Crippen MR) is 156 cm³/mol. The number of aliphatic imine (C=N–C) groups is 1. The Bertz CT molecular complexity index is 964. The second-order valence-corrected chi connectivity index (χ2v) is 13.2. The highest BCUT2D eigenvalue weighted by atomic mass is 16.7. The van der Waals surface area contributed by atoms with Gasteiger partial charge in [0.25, 0.3) is 5.96 Å². The minimum atomic E-state index is -0.783. The van der Waals surface area contributed by atoms with Gasteiger partial charge in [-0.1, -0.05) is 46.5 Å². The van der Waals surface area contributed by atoms with E-state index in [1.807, 2.05) is 6.92 Å². The van der Waals surface area contributed by atoms with E-state index >= 15 is 0 Å². The molecular formula is C28H50BN5O7. The van der Waals surface area contributed by atoms with Gasteiger partial charge in [0.1, 0.15) is 6.61 Å². The van der Waals surface area contributed by atoms with Crippen LogP contribution in [0, 0.1) is 39.2 Å². The summed E-state index contributed by atoms with van der Waals surface area (Å²) in [7, 11) is -0.558. The van der Waals surface area contributed by atoms with Crippen LogP contribution in [0.2, 0.25) is 0 Å². The van der Waals surface area contributed by atoms with Crippen molar-refractivity contribution >= 4 is 24.8 Å². The van der Waals surface area contributed by atoms with Crippen LogP contribution in [0.5, 0.6) is 0 Å². The predicted octanol–water partition coefficient (Wildman–Crippen LogP) is 3.05. The number of hydrogen-bond donors (Lipinski definition) is 3. The number of ketones is 1. The molecule has 3 saturated carbocycles. The highest BCUT2D eigenvalue weighted by molar-refractivity contribution is 6.47. The van der Waals surface area contributed by atoms with Crippen molar-refractivity contribution in [3.8, 4) is 0 Å². The van der Waals surface area contributed by atoms with Crippen LogP contribution in [0.4, 0.5) is 0 Å².